The molecule has 0 fully saturated rings. The summed E-state index contributed by atoms with van der Waals surface area (Å²) in [6.45, 7) is 4.59. The second kappa shape index (κ2) is 13.2. The van der Waals surface area contributed by atoms with Crippen LogP contribution in [0.2, 0.25) is 0 Å². The monoisotopic (exact) mass is 810 g/mol. The minimum atomic E-state index is -0.393. The lowest BCUT2D eigenvalue weighted by Crippen LogP contribution is -2.31. The Kier molecular flexibility index (Phi) is 7.42. The molecule has 1 aliphatic rings. The van der Waals surface area contributed by atoms with Crippen LogP contribution in [0.3, 0.4) is 0 Å². The Morgan fingerprint density at radius 3 is 1.65 bits per heavy atom. The first-order valence-corrected chi connectivity index (χ1v) is 20.9. The molecule has 7 aromatic carbocycles. The molecule has 0 amide bonds. The molecular formula is C53H34N10. The number of benzene rings is 7. The molecule has 10 nitrogen and oxygen atoms in total. The maximum atomic E-state index is 5.42. The Bertz CT molecular complexity index is 3870. The summed E-state index contributed by atoms with van der Waals surface area (Å²) in [7, 11) is 0. The summed E-state index contributed by atoms with van der Waals surface area (Å²) in [5, 5.41) is 6.70. The van der Waals surface area contributed by atoms with Crippen molar-refractivity contribution in [2.45, 2.75) is 19.3 Å². The molecule has 12 aromatic rings. The van der Waals surface area contributed by atoms with E-state index in [1.54, 1.807) is 24.8 Å². The molecule has 0 bridgehead atoms. The van der Waals surface area contributed by atoms with E-state index in [4.69, 9.17) is 39.9 Å². The molecule has 0 spiro atoms. The second-order valence-corrected chi connectivity index (χ2v) is 16.5. The van der Waals surface area contributed by atoms with Crippen LogP contribution in [0.25, 0.3) is 94.1 Å². The van der Waals surface area contributed by atoms with E-state index in [0.717, 1.165) is 77.0 Å². The fraction of sp³-hybridized carbons (Fsp3) is 0.0566. The van der Waals surface area contributed by atoms with Crippen molar-refractivity contribution in [3.63, 3.8) is 0 Å². The highest BCUT2D eigenvalue weighted by atomic mass is 15.3. The van der Waals surface area contributed by atoms with Crippen LogP contribution in [0, 0.1) is 0 Å². The van der Waals surface area contributed by atoms with Gasteiger partial charge in [-0.3, -0.25) is 9.47 Å². The van der Waals surface area contributed by atoms with Gasteiger partial charge in [0.1, 0.15) is 22.4 Å². The van der Waals surface area contributed by atoms with Crippen LogP contribution in [0.15, 0.2) is 170 Å². The van der Waals surface area contributed by atoms with Crippen LogP contribution in [0.5, 0.6) is 0 Å². The van der Waals surface area contributed by atoms with E-state index in [-0.39, 0.29) is 0 Å². The number of nitrogens with zero attached hydrogens (tertiary/aromatic N) is 10. The fourth-order valence-corrected chi connectivity index (χ4v) is 9.57. The van der Waals surface area contributed by atoms with Gasteiger partial charge in [-0.25, -0.2) is 29.9 Å². The van der Waals surface area contributed by atoms with E-state index in [1.165, 1.54) is 0 Å². The summed E-state index contributed by atoms with van der Waals surface area (Å²) in [4.78, 5) is 42.3. The van der Waals surface area contributed by atoms with E-state index in [1.807, 2.05) is 0 Å². The predicted octanol–water partition coefficient (Wildman–Crippen LogP) is 12.0. The molecular weight excluding hydrogens is 777 g/mol. The summed E-state index contributed by atoms with van der Waals surface area (Å²) in [6.07, 6.45) is 6.77. The molecule has 5 aromatic heterocycles. The standard InChI is InChI=1S/C53H34N10/c1-53(2)39-16-8-10-18-42(39)63(52-59-46(48-50(61-52)57-26-24-55-48)36-22-20-32-12-4-6-14-34(32)28-36)44-30-43-38(29-40(44)53)37-15-7-9-17-41(37)62(43)51-58-45(47-49(60-51)56-25-23-54-47)35-21-19-31-11-3-5-13-33(31)27-35/h3-30H,1-2H3. The number of para-hydroxylation sites is 2. The molecule has 13 rings (SSSR count). The van der Waals surface area contributed by atoms with Crippen LogP contribution in [0.1, 0.15) is 25.0 Å². The molecule has 0 radical (unpaired) electrons. The zero-order chi connectivity index (χ0) is 41.8. The zero-order valence-corrected chi connectivity index (χ0v) is 34.1. The SMILES string of the molecule is CC1(C)c2ccccc2N(c2nc(-c3ccc4ccccc4c3)c3nccnc3n2)c2cc3c(cc21)c1ccccc1n3-c1nc(-c2ccc3ccccc3c2)c2nccnc2n1. The van der Waals surface area contributed by atoms with Crippen molar-refractivity contribution in [3.05, 3.63) is 182 Å². The predicted molar refractivity (Wildman–Crippen MR) is 251 cm³/mol. The molecule has 296 valence electrons. The van der Waals surface area contributed by atoms with E-state index < -0.39 is 5.41 Å². The summed E-state index contributed by atoms with van der Waals surface area (Å²) in [5.74, 6) is 0.989. The molecule has 0 atom stereocenters. The van der Waals surface area contributed by atoms with Gasteiger partial charge in [-0.2, -0.15) is 9.97 Å². The van der Waals surface area contributed by atoms with Crippen molar-refractivity contribution in [1.29, 1.82) is 0 Å². The average molecular weight is 811 g/mol. The van der Waals surface area contributed by atoms with Crippen molar-refractivity contribution >= 4 is 83.0 Å². The number of aromatic nitrogens is 9. The third kappa shape index (κ3) is 5.31. The quantitative estimate of drug-likeness (QED) is 0.171. The van der Waals surface area contributed by atoms with Gasteiger partial charge in [0.25, 0.3) is 0 Å². The van der Waals surface area contributed by atoms with Gasteiger partial charge in [0.15, 0.2) is 11.3 Å². The molecule has 1 aliphatic heterocycles. The second-order valence-electron chi connectivity index (χ2n) is 16.5. The van der Waals surface area contributed by atoms with Crippen molar-refractivity contribution in [2.24, 2.45) is 0 Å². The van der Waals surface area contributed by atoms with Crippen LogP contribution in [-0.2, 0) is 5.41 Å². The lowest BCUT2D eigenvalue weighted by molar-refractivity contribution is 0.632. The highest BCUT2D eigenvalue weighted by molar-refractivity contribution is 6.11. The smallest absolute Gasteiger partial charge is 0.237 e. The van der Waals surface area contributed by atoms with Gasteiger partial charge in [-0.15, -0.1) is 0 Å². The van der Waals surface area contributed by atoms with E-state index in [9.17, 15) is 0 Å². The maximum absolute atomic E-state index is 5.42. The number of fused-ring (bicyclic) bond motifs is 9. The van der Waals surface area contributed by atoms with Crippen LogP contribution in [0.4, 0.5) is 17.3 Å². The Balaban J connectivity index is 1.09. The first kappa shape index (κ1) is 35.3. The van der Waals surface area contributed by atoms with Crippen molar-refractivity contribution in [1.82, 2.24) is 44.4 Å². The lowest BCUT2D eigenvalue weighted by Gasteiger charge is -2.41. The highest BCUT2D eigenvalue weighted by Crippen LogP contribution is 2.53. The lowest BCUT2D eigenvalue weighted by atomic mass is 9.73. The maximum Gasteiger partial charge on any atom is 0.237 e. The Morgan fingerprint density at radius 2 is 0.968 bits per heavy atom. The van der Waals surface area contributed by atoms with Crippen LogP contribution in [-0.4, -0.2) is 44.4 Å². The minimum Gasteiger partial charge on any atom is -0.278 e. The Morgan fingerprint density at radius 1 is 0.413 bits per heavy atom. The first-order valence-electron chi connectivity index (χ1n) is 20.9. The van der Waals surface area contributed by atoms with Gasteiger partial charge in [0.05, 0.1) is 22.4 Å². The average Bonchev–Trinajstić information content (AvgIpc) is 3.66. The van der Waals surface area contributed by atoms with E-state index >= 15 is 0 Å². The van der Waals surface area contributed by atoms with Crippen molar-refractivity contribution in [3.8, 4) is 28.5 Å². The third-order valence-corrected chi connectivity index (χ3v) is 12.6. The molecule has 10 heteroatoms. The normalized spacial score (nSPS) is 13.3. The Hall–Kier alpha value is -8.50. The van der Waals surface area contributed by atoms with Crippen molar-refractivity contribution < 1.29 is 0 Å². The highest BCUT2D eigenvalue weighted by Gasteiger charge is 2.39. The molecule has 0 aliphatic carbocycles. The minimum absolute atomic E-state index is 0.393. The van der Waals surface area contributed by atoms with Gasteiger partial charge in [-0.1, -0.05) is 123 Å². The van der Waals surface area contributed by atoms with Crippen LogP contribution < -0.4 is 4.90 Å². The Labute approximate surface area is 360 Å². The summed E-state index contributed by atoms with van der Waals surface area (Å²) in [5.41, 5.74) is 11.3. The molecule has 0 saturated heterocycles. The number of hydrogen-bond acceptors (Lipinski definition) is 9. The molecule has 6 heterocycles. The topological polar surface area (TPSA) is 111 Å². The molecule has 0 saturated carbocycles. The van der Waals surface area contributed by atoms with Gasteiger partial charge < -0.3 is 0 Å². The van der Waals surface area contributed by atoms with Gasteiger partial charge in [0, 0.05) is 52.1 Å². The zero-order valence-electron chi connectivity index (χ0n) is 34.1. The first-order chi connectivity index (χ1) is 31.0. The molecule has 63 heavy (non-hydrogen) atoms. The third-order valence-electron chi connectivity index (χ3n) is 12.6. The van der Waals surface area contributed by atoms with E-state index in [2.05, 4.69) is 169 Å². The number of rotatable bonds is 4. The fourth-order valence-electron chi connectivity index (χ4n) is 9.57. The largest absolute Gasteiger partial charge is 0.278 e. The van der Waals surface area contributed by atoms with Gasteiger partial charge in [-0.05, 0) is 69.1 Å². The summed E-state index contributed by atoms with van der Waals surface area (Å²) in [6, 6.07) is 51.1. The van der Waals surface area contributed by atoms with E-state index in [0.29, 0.717) is 45.6 Å². The summed E-state index contributed by atoms with van der Waals surface area (Å²) >= 11 is 0. The summed E-state index contributed by atoms with van der Waals surface area (Å²) < 4.78 is 2.16. The van der Waals surface area contributed by atoms with Crippen molar-refractivity contribution in [2.75, 3.05) is 4.90 Å². The van der Waals surface area contributed by atoms with Crippen LogP contribution >= 0.6 is 0 Å². The van der Waals surface area contributed by atoms with Gasteiger partial charge in [0.2, 0.25) is 11.9 Å². The number of anilines is 3. The molecule has 0 unspecified atom stereocenters. The number of hydrogen-bond donors (Lipinski definition) is 0. The van der Waals surface area contributed by atoms with Gasteiger partial charge >= 0.3 is 0 Å². The molecule has 0 N–H and O–H groups in total.